The Hall–Kier alpha value is -0.120. The minimum atomic E-state index is -0.147. The smallest absolute Gasteiger partial charge is 0.160 e. The van der Waals surface area contributed by atoms with Gasteiger partial charge >= 0.3 is 0 Å². The first-order valence-electron chi connectivity index (χ1n) is 23.3. The molecular formula is C48H98O3. The predicted octanol–water partition coefficient (Wildman–Crippen LogP) is 16.2. The molecule has 308 valence electrons. The van der Waals surface area contributed by atoms with Crippen LogP contribution in [-0.4, -0.2) is 25.8 Å². The molecule has 0 bridgehead atoms. The molecule has 51 heavy (non-hydrogen) atoms. The average Bonchev–Trinajstić information content (AvgIpc) is 3.03. The first-order valence-corrected chi connectivity index (χ1v) is 23.3. The van der Waals surface area contributed by atoms with E-state index in [-0.39, 0.29) is 12.6 Å². The highest BCUT2D eigenvalue weighted by molar-refractivity contribution is 4.69. The summed E-state index contributed by atoms with van der Waals surface area (Å²) in [5.74, 6) is 6.53. The Morgan fingerprint density at radius 3 is 0.922 bits per heavy atom. The highest BCUT2D eigenvalue weighted by atomic mass is 16.8. The second-order valence-corrected chi connectivity index (χ2v) is 18.6. The van der Waals surface area contributed by atoms with E-state index >= 15 is 0 Å². The lowest BCUT2D eigenvalue weighted by atomic mass is 9.83. The minimum absolute atomic E-state index is 0.147. The summed E-state index contributed by atoms with van der Waals surface area (Å²) >= 11 is 0. The quantitative estimate of drug-likeness (QED) is 0.0469. The van der Waals surface area contributed by atoms with Crippen molar-refractivity contribution in [2.24, 2.45) is 47.3 Å². The van der Waals surface area contributed by atoms with Gasteiger partial charge in [-0.25, -0.2) is 0 Å². The normalized spacial score (nSPS) is 18.1. The molecule has 0 fully saturated rings. The molecule has 3 nitrogen and oxygen atoms in total. The van der Waals surface area contributed by atoms with Crippen molar-refractivity contribution in [3.63, 3.8) is 0 Å². The first-order chi connectivity index (χ1) is 24.4. The highest BCUT2D eigenvalue weighted by Gasteiger charge is 2.21. The number of ether oxygens (including phenoxy) is 3. The van der Waals surface area contributed by atoms with Gasteiger partial charge in [0.2, 0.25) is 0 Å². The maximum absolute atomic E-state index is 6.76. The van der Waals surface area contributed by atoms with E-state index < -0.39 is 0 Å². The Balaban J connectivity index is 5.09. The van der Waals surface area contributed by atoms with Crippen molar-refractivity contribution >= 4 is 0 Å². The zero-order valence-corrected chi connectivity index (χ0v) is 37.4. The molecule has 0 aromatic heterocycles. The summed E-state index contributed by atoms with van der Waals surface area (Å²) < 4.78 is 19.8. The summed E-state index contributed by atoms with van der Waals surface area (Å²) in [5.41, 5.74) is 0. The van der Waals surface area contributed by atoms with Crippen molar-refractivity contribution in [1.82, 2.24) is 0 Å². The predicted molar refractivity (Wildman–Crippen MR) is 227 cm³/mol. The number of hydrogen-bond acceptors (Lipinski definition) is 3. The van der Waals surface area contributed by atoms with Gasteiger partial charge < -0.3 is 14.2 Å². The standard InChI is InChI=1S/C48H98O3/c1-13-17-19-21-31-49-47(29-23-27-41(7)35-45(11)37-43(9)33-39(5)25-15-3)51-48(50-32-22-20-18-14-2)30-24-28-42(8)36-46(12)38-44(10)34-40(6)26-16-4/h39-48H,13-38H2,1-12H3. The van der Waals surface area contributed by atoms with E-state index in [1.54, 1.807) is 0 Å². The molecule has 3 heteroatoms. The Labute approximate surface area is 323 Å². The van der Waals surface area contributed by atoms with E-state index in [1.807, 2.05) is 0 Å². The van der Waals surface area contributed by atoms with E-state index in [0.29, 0.717) is 0 Å². The van der Waals surface area contributed by atoms with Crippen molar-refractivity contribution < 1.29 is 14.2 Å². The molecule has 0 spiro atoms. The van der Waals surface area contributed by atoms with Crippen LogP contribution in [0.4, 0.5) is 0 Å². The van der Waals surface area contributed by atoms with E-state index in [4.69, 9.17) is 14.2 Å². The largest absolute Gasteiger partial charge is 0.353 e. The van der Waals surface area contributed by atoms with Crippen LogP contribution in [0.25, 0.3) is 0 Å². The maximum Gasteiger partial charge on any atom is 0.160 e. The summed E-state index contributed by atoms with van der Waals surface area (Å²) in [6.07, 6.45) is 30.0. The zero-order valence-electron chi connectivity index (χ0n) is 37.4. The van der Waals surface area contributed by atoms with Crippen LogP contribution >= 0.6 is 0 Å². The lowest BCUT2D eigenvalue weighted by molar-refractivity contribution is -0.250. The van der Waals surface area contributed by atoms with Crippen LogP contribution in [0.3, 0.4) is 0 Å². The third-order valence-electron chi connectivity index (χ3n) is 11.6. The zero-order chi connectivity index (χ0) is 38.3. The molecule has 0 saturated carbocycles. The van der Waals surface area contributed by atoms with Gasteiger partial charge in [-0.05, 0) is 124 Å². The number of unbranched alkanes of at least 4 members (excludes halogenated alkanes) is 6. The third-order valence-corrected chi connectivity index (χ3v) is 11.6. The number of rotatable bonds is 38. The van der Waals surface area contributed by atoms with Gasteiger partial charge in [-0.3, -0.25) is 0 Å². The van der Waals surface area contributed by atoms with Crippen molar-refractivity contribution in [2.75, 3.05) is 13.2 Å². The van der Waals surface area contributed by atoms with Crippen LogP contribution in [0.2, 0.25) is 0 Å². The fraction of sp³-hybridized carbons (Fsp3) is 1.00. The molecule has 0 aliphatic carbocycles. The molecule has 0 aromatic carbocycles. The molecule has 0 aliphatic rings. The maximum atomic E-state index is 6.76. The third kappa shape index (κ3) is 31.9. The summed E-state index contributed by atoms with van der Waals surface area (Å²) in [6.45, 7) is 30.6. The van der Waals surface area contributed by atoms with Gasteiger partial charge in [-0.1, -0.05) is 160 Å². The molecule has 0 amide bonds. The van der Waals surface area contributed by atoms with E-state index in [1.165, 1.54) is 128 Å². The fourth-order valence-electron chi connectivity index (χ4n) is 9.27. The van der Waals surface area contributed by atoms with Crippen molar-refractivity contribution in [1.29, 1.82) is 0 Å². The van der Waals surface area contributed by atoms with Gasteiger partial charge in [0.25, 0.3) is 0 Å². The van der Waals surface area contributed by atoms with Gasteiger partial charge in [-0.15, -0.1) is 0 Å². The molecule has 10 unspecified atom stereocenters. The summed E-state index contributed by atoms with van der Waals surface area (Å²) in [6, 6.07) is 0. The second kappa shape index (κ2) is 34.4. The van der Waals surface area contributed by atoms with Crippen molar-refractivity contribution in [2.45, 2.75) is 250 Å². The van der Waals surface area contributed by atoms with E-state index in [9.17, 15) is 0 Å². The second-order valence-electron chi connectivity index (χ2n) is 18.6. The Morgan fingerprint density at radius 1 is 0.294 bits per heavy atom. The first kappa shape index (κ1) is 50.9. The van der Waals surface area contributed by atoms with E-state index in [2.05, 4.69) is 83.1 Å². The van der Waals surface area contributed by atoms with Gasteiger partial charge in [0.1, 0.15) is 0 Å². The topological polar surface area (TPSA) is 27.7 Å². The van der Waals surface area contributed by atoms with Gasteiger partial charge in [0.05, 0.1) is 0 Å². The van der Waals surface area contributed by atoms with Crippen LogP contribution in [0.1, 0.15) is 237 Å². The van der Waals surface area contributed by atoms with Crippen LogP contribution < -0.4 is 0 Å². The lowest BCUT2D eigenvalue weighted by Crippen LogP contribution is -2.28. The molecule has 10 atom stereocenters. The summed E-state index contributed by atoms with van der Waals surface area (Å²) in [7, 11) is 0. The molecule has 0 rings (SSSR count). The molecule has 0 aromatic rings. The van der Waals surface area contributed by atoms with Crippen LogP contribution in [0.15, 0.2) is 0 Å². The lowest BCUT2D eigenvalue weighted by Gasteiger charge is -2.27. The SMILES string of the molecule is CCCCCCOC(CCCC(C)CC(C)CC(C)CC(C)CCC)OC(CCCC(C)CC(C)CC(C)CC(C)CCC)OCCCCCC. The van der Waals surface area contributed by atoms with Gasteiger partial charge in [0.15, 0.2) is 12.6 Å². The van der Waals surface area contributed by atoms with Gasteiger partial charge in [-0.2, -0.15) is 0 Å². The average molecular weight is 723 g/mol. The Bertz CT molecular complexity index is 653. The van der Waals surface area contributed by atoms with Crippen LogP contribution in [0.5, 0.6) is 0 Å². The molecule has 0 aliphatic heterocycles. The minimum Gasteiger partial charge on any atom is -0.353 e. The monoisotopic (exact) mass is 723 g/mol. The Morgan fingerprint density at radius 2 is 0.608 bits per heavy atom. The molecule has 0 N–H and O–H groups in total. The number of hydrogen-bond donors (Lipinski definition) is 0. The fourth-order valence-corrected chi connectivity index (χ4v) is 9.27. The molecule has 0 radical (unpaired) electrons. The summed E-state index contributed by atoms with van der Waals surface area (Å²) in [4.78, 5) is 0. The summed E-state index contributed by atoms with van der Waals surface area (Å²) in [5, 5.41) is 0. The van der Waals surface area contributed by atoms with E-state index in [0.717, 1.165) is 86.2 Å². The molecular weight excluding hydrogens is 625 g/mol. The van der Waals surface area contributed by atoms with Crippen molar-refractivity contribution in [3.05, 3.63) is 0 Å². The molecule has 0 heterocycles. The highest BCUT2D eigenvalue weighted by Crippen LogP contribution is 2.29. The molecule has 0 saturated heterocycles. The Kier molecular flexibility index (Phi) is 34.3. The van der Waals surface area contributed by atoms with Gasteiger partial charge in [0, 0.05) is 13.2 Å². The van der Waals surface area contributed by atoms with Crippen LogP contribution in [0, 0.1) is 47.3 Å². The van der Waals surface area contributed by atoms with Crippen molar-refractivity contribution in [3.8, 4) is 0 Å². The van der Waals surface area contributed by atoms with Crippen LogP contribution in [-0.2, 0) is 14.2 Å².